The van der Waals surface area contributed by atoms with E-state index in [0.29, 0.717) is 0 Å². The van der Waals surface area contributed by atoms with Crippen LogP contribution in [0, 0.1) is 0 Å². The van der Waals surface area contributed by atoms with Gasteiger partial charge in [-0.05, 0) is 30.7 Å². The van der Waals surface area contributed by atoms with E-state index < -0.39 is 0 Å². The zero-order valence-corrected chi connectivity index (χ0v) is 11.4. The number of hydrogen-bond acceptors (Lipinski definition) is 3. The van der Waals surface area contributed by atoms with Crippen molar-refractivity contribution in [2.75, 3.05) is 11.0 Å². The van der Waals surface area contributed by atoms with Crippen molar-refractivity contribution in [2.24, 2.45) is 0 Å². The topological polar surface area (TPSA) is 42.7 Å². The largest absolute Gasteiger partial charge is 0.310 e. The average Bonchev–Trinajstić information content (AvgIpc) is 2.70. The first kappa shape index (κ1) is 12.9. The number of aryl methyl sites for hydroxylation is 1. The maximum Gasteiger partial charge on any atom is 0.140 e. The fourth-order valence-corrected chi connectivity index (χ4v) is 1.95. The Bertz CT molecular complexity index is 262. The molecule has 86 valence electrons. The summed E-state index contributed by atoms with van der Waals surface area (Å²) in [6.45, 7) is 4.88. The van der Waals surface area contributed by atoms with Gasteiger partial charge in [0.1, 0.15) is 12.2 Å². The molecule has 15 heavy (non-hydrogen) atoms. The number of rotatable bonds is 8. The van der Waals surface area contributed by atoms with E-state index in [1.165, 1.54) is 23.7 Å². The summed E-state index contributed by atoms with van der Waals surface area (Å²) in [5, 5.41) is 7.52. The first-order chi connectivity index (χ1) is 7.38. The molecule has 0 saturated carbocycles. The number of aromatic nitrogens is 3. The number of alkyl halides is 1. The van der Waals surface area contributed by atoms with Crippen molar-refractivity contribution in [3.63, 3.8) is 0 Å². The molecule has 4 nitrogen and oxygen atoms in total. The van der Waals surface area contributed by atoms with E-state index in [9.17, 15) is 0 Å². The zero-order chi connectivity index (χ0) is 10.9. The lowest BCUT2D eigenvalue weighted by Gasteiger charge is -2.04. The van der Waals surface area contributed by atoms with E-state index in [1.807, 2.05) is 4.68 Å². The molecule has 0 aliphatic rings. The molecule has 5 heteroatoms. The number of nitrogens with zero attached hydrogens (tertiary/aromatic N) is 3. The minimum atomic E-state index is 0.831. The molecular weight excluding hydrogens is 303 g/mol. The van der Waals surface area contributed by atoms with Crippen molar-refractivity contribution >= 4 is 22.6 Å². The van der Waals surface area contributed by atoms with E-state index in [1.54, 1.807) is 6.33 Å². The summed E-state index contributed by atoms with van der Waals surface area (Å²) >= 11 is 2.42. The van der Waals surface area contributed by atoms with Gasteiger partial charge in [-0.25, -0.2) is 9.67 Å². The van der Waals surface area contributed by atoms with Crippen molar-refractivity contribution < 1.29 is 0 Å². The van der Waals surface area contributed by atoms with Crippen molar-refractivity contribution in [3.8, 4) is 0 Å². The van der Waals surface area contributed by atoms with Gasteiger partial charge in [-0.3, -0.25) is 0 Å². The maximum atomic E-state index is 4.21. The Morgan fingerprint density at radius 3 is 3.00 bits per heavy atom. The lowest BCUT2D eigenvalue weighted by atomic mass is 10.2. The highest BCUT2D eigenvalue weighted by Gasteiger charge is 2.00. The molecule has 0 atom stereocenters. The smallest absolute Gasteiger partial charge is 0.140 e. The number of unbranched alkanes of at least 4 members (excludes halogenated alkanes) is 2. The summed E-state index contributed by atoms with van der Waals surface area (Å²) in [6, 6.07) is 0. The van der Waals surface area contributed by atoms with Crippen molar-refractivity contribution in [3.05, 3.63) is 12.2 Å². The lowest BCUT2D eigenvalue weighted by molar-refractivity contribution is 0.557. The van der Waals surface area contributed by atoms with Crippen LogP contribution in [0.5, 0.6) is 0 Å². The Hall–Kier alpha value is -0.170. The van der Waals surface area contributed by atoms with Gasteiger partial charge in [0.05, 0.1) is 6.54 Å². The van der Waals surface area contributed by atoms with Crippen molar-refractivity contribution in [1.82, 2.24) is 20.1 Å². The monoisotopic (exact) mass is 322 g/mol. The van der Waals surface area contributed by atoms with E-state index in [4.69, 9.17) is 0 Å². The first-order valence-electron chi connectivity index (χ1n) is 5.51. The Balaban J connectivity index is 2.09. The molecule has 0 radical (unpaired) electrons. The van der Waals surface area contributed by atoms with Gasteiger partial charge in [0.15, 0.2) is 0 Å². The molecule has 1 rings (SSSR count). The molecule has 0 amide bonds. The Morgan fingerprint density at radius 1 is 1.40 bits per heavy atom. The van der Waals surface area contributed by atoms with Gasteiger partial charge in [-0.1, -0.05) is 29.0 Å². The molecule has 1 N–H and O–H groups in total. The van der Waals surface area contributed by atoms with Crippen LogP contribution in [0.4, 0.5) is 0 Å². The lowest BCUT2D eigenvalue weighted by Crippen LogP contribution is -2.18. The van der Waals surface area contributed by atoms with Crippen LogP contribution in [-0.2, 0) is 13.1 Å². The van der Waals surface area contributed by atoms with Crippen molar-refractivity contribution in [1.29, 1.82) is 0 Å². The molecule has 0 aliphatic heterocycles. The number of halogens is 1. The first-order valence-corrected chi connectivity index (χ1v) is 7.04. The fraction of sp³-hybridized carbons (Fsp3) is 0.800. The third kappa shape index (κ3) is 4.92. The summed E-state index contributed by atoms with van der Waals surface area (Å²) < 4.78 is 3.19. The van der Waals surface area contributed by atoms with Crippen LogP contribution < -0.4 is 5.32 Å². The molecule has 1 heterocycles. The van der Waals surface area contributed by atoms with Gasteiger partial charge in [0.25, 0.3) is 0 Å². The minimum absolute atomic E-state index is 0.831. The van der Waals surface area contributed by atoms with Crippen molar-refractivity contribution in [2.45, 2.75) is 39.3 Å². The molecule has 0 aromatic carbocycles. The molecule has 0 unspecified atom stereocenters. The molecule has 0 aliphatic carbocycles. The van der Waals surface area contributed by atoms with Crippen LogP contribution in [-0.4, -0.2) is 25.7 Å². The van der Waals surface area contributed by atoms with Gasteiger partial charge in [0.2, 0.25) is 0 Å². The second-order valence-electron chi connectivity index (χ2n) is 3.42. The van der Waals surface area contributed by atoms with E-state index in [-0.39, 0.29) is 0 Å². The van der Waals surface area contributed by atoms with Crippen LogP contribution in [0.25, 0.3) is 0 Å². The fourth-order valence-electron chi connectivity index (χ4n) is 1.41. The molecule has 0 fully saturated rings. The highest BCUT2D eigenvalue weighted by molar-refractivity contribution is 14.1. The van der Waals surface area contributed by atoms with Gasteiger partial charge in [0, 0.05) is 6.54 Å². The van der Waals surface area contributed by atoms with Crippen LogP contribution in [0.1, 0.15) is 32.0 Å². The summed E-state index contributed by atoms with van der Waals surface area (Å²) in [4.78, 5) is 4.21. The third-order valence-electron chi connectivity index (χ3n) is 2.27. The second-order valence-corrected chi connectivity index (χ2v) is 4.50. The predicted molar refractivity (Wildman–Crippen MR) is 70.1 cm³/mol. The summed E-state index contributed by atoms with van der Waals surface area (Å²) in [6.07, 6.45) is 5.52. The van der Waals surface area contributed by atoms with Gasteiger partial charge in [-0.2, -0.15) is 5.10 Å². The van der Waals surface area contributed by atoms with Crippen LogP contribution in [0.3, 0.4) is 0 Å². The van der Waals surface area contributed by atoms with E-state index in [0.717, 1.165) is 25.5 Å². The predicted octanol–water partition coefficient (Wildman–Crippen LogP) is 1.99. The van der Waals surface area contributed by atoms with E-state index >= 15 is 0 Å². The van der Waals surface area contributed by atoms with Gasteiger partial charge < -0.3 is 5.32 Å². The summed E-state index contributed by atoms with van der Waals surface area (Å²) in [5.74, 6) is 1.03. The normalized spacial score (nSPS) is 10.8. The molecule has 0 saturated heterocycles. The molecule has 1 aromatic rings. The van der Waals surface area contributed by atoms with Crippen LogP contribution in [0.15, 0.2) is 6.33 Å². The maximum absolute atomic E-state index is 4.21. The van der Waals surface area contributed by atoms with Gasteiger partial charge in [-0.15, -0.1) is 0 Å². The highest BCUT2D eigenvalue weighted by Crippen LogP contribution is 1.98. The Morgan fingerprint density at radius 2 is 2.27 bits per heavy atom. The molecule has 0 bridgehead atoms. The minimum Gasteiger partial charge on any atom is -0.310 e. The van der Waals surface area contributed by atoms with Crippen LogP contribution in [0.2, 0.25) is 0 Å². The second kappa shape index (κ2) is 8.04. The zero-order valence-electron chi connectivity index (χ0n) is 9.25. The molecule has 0 spiro atoms. The Kier molecular flexibility index (Phi) is 6.91. The third-order valence-corrected chi connectivity index (χ3v) is 3.03. The average molecular weight is 322 g/mol. The number of hydrogen-bond donors (Lipinski definition) is 1. The standard InChI is InChI=1S/C10H19IN4/c1-2-15-10(13-9-14-15)8-12-7-5-3-4-6-11/h9,12H,2-8H2,1H3. The van der Waals surface area contributed by atoms with Crippen LogP contribution >= 0.6 is 22.6 Å². The number of nitrogens with one attached hydrogen (secondary N) is 1. The Labute approximate surface area is 105 Å². The summed E-state index contributed by atoms with van der Waals surface area (Å²) in [5.41, 5.74) is 0. The quantitative estimate of drug-likeness (QED) is 0.452. The van der Waals surface area contributed by atoms with Gasteiger partial charge >= 0.3 is 0 Å². The summed E-state index contributed by atoms with van der Waals surface area (Å²) in [7, 11) is 0. The highest BCUT2D eigenvalue weighted by atomic mass is 127. The molecular formula is C10H19IN4. The SMILES string of the molecule is CCn1ncnc1CNCCCCCI. The molecule has 1 aromatic heterocycles. The van der Waals surface area contributed by atoms with E-state index in [2.05, 4.69) is 44.9 Å².